The molecule has 2 aliphatic rings. The summed E-state index contributed by atoms with van der Waals surface area (Å²) in [5.74, 6) is -1.89. The lowest BCUT2D eigenvalue weighted by atomic mass is 9.85. The summed E-state index contributed by atoms with van der Waals surface area (Å²) in [6.07, 6.45) is 3.65. The Balaban J connectivity index is 1.78. The van der Waals surface area contributed by atoms with Crippen molar-refractivity contribution in [2.24, 2.45) is 5.92 Å². The van der Waals surface area contributed by atoms with Crippen molar-refractivity contribution in [3.63, 3.8) is 0 Å². The van der Waals surface area contributed by atoms with Crippen molar-refractivity contribution in [3.05, 3.63) is 35.9 Å². The van der Waals surface area contributed by atoms with Crippen molar-refractivity contribution in [1.29, 1.82) is 0 Å². The fraction of sp³-hybridized carbons (Fsp3) is 0.444. The number of ketones is 1. The van der Waals surface area contributed by atoms with Crippen molar-refractivity contribution >= 4 is 23.6 Å². The zero-order valence-corrected chi connectivity index (χ0v) is 13.6. The molecular formula is C18H20N2O4. The Hall–Kier alpha value is -2.50. The second-order valence-corrected chi connectivity index (χ2v) is 6.47. The van der Waals surface area contributed by atoms with Crippen LogP contribution in [0.25, 0.3) is 0 Å². The molecule has 2 fully saturated rings. The number of amides is 4. The van der Waals surface area contributed by atoms with Crippen LogP contribution in [-0.4, -0.2) is 46.0 Å². The van der Waals surface area contributed by atoms with E-state index in [0.29, 0.717) is 12.0 Å². The van der Waals surface area contributed by atoms with Crippen LogP contribution in [0.3, 0.4) is 0 Å². The zero-order chi connectivity index (χ0) is 17.3. The summed E-state index contributed by atoms with van der Waals surface area (Å²) >= 11 is 0. The third-order valence-corrected chi connectivity index (χ3v) is 4.88. The summed E-state index contributed by atoms with van der Waals surface area (Å²) in [7, 11) is 0. The Bertz CT molecular complexity index is 686. The number of imide groups is 2. The van der Waals surface area contributed by atoms with Gasteiger partial charge in [0, 0.05) is 11.6 Å². The third kappa shape index (κ3) is 2.84. The molecule has 1 aromatic carbocycles. The summed E-state index contributed by atoms with van der Waals surface area (Å²) in [5, 5.41) is 0. The van der Waals surface area contributed by atoms with Gasteiger partial charge in [-0.05, 0) is 18.8 Å². The second kappa shape index (κ2) is 6.55. The van der Waals surface area contributed by atoms with E-state index in [4.69, 9.17) is 0 Å². The Morgan fingerprint density at radius 2 is 1.71 bits per heavy atom. The SMILES string of the molecule is C[C@@H]1CCCC[C@@H]1N1C(=O)C(=O)N(CC(=O)c2ccccc2)C1=O. The highest BCUT2D eigenvalue weighted by molar-refractivity contribution is 6.45. The second-order valence-electron chi connectivity index (χ2n) is 6.47. The van der Waals surface area contributed by atoms with Crippen molar-refractivity contribution < 1.29 is 19.2 Å². The first-order valence-electron chi connectivity index (χ1n) is 8.28. The Morgan fingerprint density at radius 1 is 1.04 bits per heavy atom. The number of carbonyl (C=O) groups is 4. The van der Waals surface area contributed by atoms with Gasteiger partial charge in [-0.2, -0.15) is 0 Å². The summed E-state index contributed by atoms with van der Waals surface area (Å²) in [6.45, 7) is 1.59. The lowest BCUT2D eigenvalue weighted by Crippen LogP contribution is -2.46. The molecule has 126 valence electrons. The van der Waals surface area contributed by atoms with Gasteiger partial charge in [-0.25, -0.2) is 9.69 Å². The van der Waals surface area contributed by atoms with E-state index in [-0.39, 0.29) is 17.7 Å². The largest absolute Gasteiger partial charge is 0.334 e. The molecule has 1 aromatic rings. The molecule has 1 saturated heterocycles. The van der Waals surface area contributed by atoms with Crippen molar-refractivity contribution in [3.8, 4) is 0 Å². The topological polar surface area (TPSA) is 74.8 Å². The maximum absolute atomic E-state index is 12.6. The molecule has 0 N–H and O–H groups in total. The van der Waals surface area contributed by atoms with Crippen molar-refractivity contribution in [1.82, 2.24) is 9.80 Å². The van der Waals surface area contributed by atoms with E-state index in [1.54, 1.807) is 30.3 Å². The van der Waals surface area contributed by atoms with Crippen LogP contribution in [-0.2, 0) is 9.59 Å². The van der Waals surface area contributed by atoms with Crippen LogP contribution in [0.5, 0.6) is 0 Å². The van der Waals surface area contributed by atoms with Crippen LogP contribution in [0.1, 0.15) is 43.0 Å². The Kier molecular flexibility index (Phi) is 4.46. The van der Waals surface area contributed by atoms with E-state index in [0.717, 1.165) is 29.1 Å². The van der Waals surface area contributed by atoms with E-state index in [1.807, 2.05) is 6.92 Å². The lowest BCUT2D eigenvalue weighted by Gasteiger charge is -2.34. The minimum atomic E-state index is -0.901. The Labute approximate surface area is 140 Å². The first-order chi connectivity index (χ1) is 11.5. The van der Waals surface area contributed by atoms with Gasteiger partial charge in [0.2, 0.25) is 0 Å². The van der Waals surface area contributed by atoms with E-state index in [9.17, 15) is 19.2 Å². The number of benzene rings is 1. The van der Waals surface area contributed by atoms with E-state index < -0.39 is 24.4 Å². The molecule has 0 bridgehead atoms. The lowest BCUT2D eigenvalue weighted by molar-refractivity contribution is -0.144. The first kappa shape index (κ1) is 16.4. The molecule has 2 atom stereocenters. The quantitative estimate of drug-likeness (QED) is 0.482. The average molecular weight is 328 g/mol. The molecule has 1 aliphatic carbocycles. The van der Waals surface area contributed by atoms with E-state index in [1.165, 1.54) is 0 Å². The number of Topliss-reactive ketones (excluding diaryl/α,β-unsaturated/α-hetero) is 1. The fourth-order valence-corrected chi connectivity index (χ4v) is 3.49. The normalized spacial score (nSPS) is 24.6. The number of carbonyl (C=O) groups excluding carboxylic acids is 4. The first-order valence-corrected chi connectivity index (χ1v) is 8.28. The van der Waals surface area contributed by atoms with Gasteiger partial charge in [0.25, 0.3) is 0 Å². The average Bonchev–Trinajstić information content (AvgIpc) is 2.80. The highest BCUT2D eigenvalue weighted by Gasteiger charge is 2.49. The number of hydrogen-bond donors (Lipinski definition) is 0. The van der Waals surface area contributed by atoms with Gasteiger partial charge in [0.1, 0.15) is 0 Å². The highest BCUT2D eigenvalue weighted by atomic mass is 16.2. The predicted molar refractivity (Wildman–Crippen MR) is 86.1 cm³/mol. The van der Waals surface area contributed by atoms with E-state index in [2.05, 4.69) is 0 Å². The van der Waals surface area contributed by atoms with Crippen LogP contribution in [0, 0.1) is 5.92 Å². The summed E-state index contributed by atoms with van der Waals surface area (Å²) in [6, 6.07) is 7.53. The maximum atomic E-state index is 12.6. The van der Waals surface area contributed by atoms with E-state index >= 15 is 0 Å². The molecule has 1 saturated carbocycles. The zero-order valence-electron chi connectivity index (χ0n) is 13.6. The Morgan fingerprint density at radius 3 is 2.38 bits per heavy atom. The molecule has 6 heteroatoms. The molecule has 24 heavy (non-hydrogen) atoms. The van der Waals surface area contributed by atoms with Gasteiger partial charge in [-0.1, -0.05) is 50.1 Å². The molecule has 1 heterocycles. The summed E-state index contributed by atoms with van der Waals surface area (Å²) in [4.78, 5) is 51.2. The number of urea groups is 1. The molecule has 6 nitrogen and oxygen atoms in total. The molecule has 1 aliphatic heterocycles. The molecule has 0 spiro atoms. The maximum Gasteiger partial charge on any atom is 0.334 e. The van der Waals surface area contributed by atoms with Gasteiger partial charge in [-0.15, -0.1) is 0 Å². The van der Waals surface area contributed by atoms with Crippen molar-refractivity contribution in [2.75, 3.05) is 6.54 Å². The number of rotatable bonds is 4. The van der Waals surface area contributed by atoms with Crippen LogP contribution in [0.4, 0.5) is 4.79 Å². The van der Waals surface area contributed by atoms with Crippen LogP contribution >= 0.6 is 0 Å². The molecule has 0 radical (unpaired) electrons. The molecule has 0 aromatic heterocycles. The van der Waals surface area contributed by atoms with Crippen LogP contribution in [0.2, 0.25) is 0 Å². The van der Waals surface area contributed by atoms with Crippen LogP contribution < -0.4 is 0 Å². The number of nitrogens with zero attached hydrogens (tertiary/aromatic N) is 2. The third-order valence-electron chi connectivity index (χ3n) is 4.88. The van der Waals surface area contributed by atoms with Crippen molar-refractivity contribution in [2.45, 2.75) is 38.6 Å². The van der Waals surface area contributed by atoms with Gasteiger partial charge in [0.05, 0.1) is 6.54 Å². The molecular weight excluding hydrogens is 308 g/mol. The molecule has 3 rings (SSSR count). The van der Waals surface area contributed by atoms with Gasteiger partial charge in [-0.3, -0.25) is 19.3 Å². The fourth-order valence-electron chi connectivity index (χ4n) is 3.49. The van der Waals surface area contributed by atoms with Gasteiger partial charge >= 0.3 is 17.8 Å². The molecule has 4 amide bonds. The predicted octanol–water partition coefficient (Wildman–Crippen LogP) is 2.24. The monoisotopic (exact) mass is 328 g/mol. The smallest absolute Gasteiger partial charge is 0.292 e. The highest BCUT2D eigenvalue weighted by Crippen LogP contribution is 2.31. The van der Waals surface area contributed by atoms with Gasteiger partial charge < -0.3 is 0 Å². The number of hydrogen-bond acceptors (Lipinski definition) is 4. The van der Waals surface area contributed by atoms with Crippen LogP contribution in [0.15, 0.2) is 30.3 Å². The molecule has 0 unspecified atom stereocenters. The summed E-state index contributed by atoms with van der Waals surface area (Å²) in [5.41, 5.74) is 0.412. The minimum absolute atomic E-state index is 0.171. The minimum Gasteiger partial charge on any atom is -0.292 e. The van der Waals surface area contributed by atoms with Gasteiger partial charge in [0.15, 0.2) is 5.78 Å². The standard InChI is InChI=1S/C18H20N2O4/c1-12-7-5-6-10-14(12)20-17(23)16(22)19(18(20)24)11-15(21)13-8-3-2-4-9-13/h2-4,8-9,12,14H,5-7,10-11H2,1H3/t12-,14+/m1/s1. The summed E-state index contributed by atoms with van der Waals surface area (Å²) < 4.78 is 0.